The fourth-order valence-corrected chi connectivity index (χ4v) is 3.28. The minimum atomic E-state index is -3.67. The first-order valence-electron chi connectivity index (χ1n) is 7.68. The molecule has 2 aromatic rings. The van der Waals surface area contributed by atoms with Crippen LogP contribution in [0.25, 0.3) is 0 Å². The van der Waals surface area contributed by atoms with Crippen molar-refractivity contribution in [2.45, 2.75) is 31.1 Å². The molecule has 0 aromatic heterocycles. The number of benzene rings is 2. The molecule has 0 aliphatic rings. The average Bonchev–Trinajstić information content (AvgIpc) is 2.60. The van der Waals surface area contributed by atoms with Gasteiger partial charge in [-0.1, -0.05) is 26.0 Å². The average molecular weight is 347 g/mol. The van der Waals surface area contributed by atoms with Gasteiger partial charge in [-0.15, -0.1) is 0 Å². The quantitative estimate of drug-likeness (QED) is 0.807. The minimum Gasteiger partial charge on any atom is -0.465 e. The van der Waals surface area contributed by atoms with Crippen molar-refractivity contribution in [3.63, 3.8) is 0 Å². The molecular weight excluding hydrogens is 326 g/mol. The number of esters is 1. The number of hydrogen-bond acceptors (Lipinski definition) is 4. The monoisotopic (exact) mass is 347 g/mol. The fourth-order valence-electron chi connectivity index (χ4n) is 2.22. The van der Waals surface area contributed by atoms with E-state index < -0.39 is 16.0 Å². The molecule has 24 heavy (non-hydrogen) atoms. The zero-order chi connectivity index (χ0) is 17.7. The maximum Gasteiger partial charge on any atom is 0.337 e. The number of hydrogen-bond donors (Lipinski definition) is 1. The summed E-state index contributed by atoms with van der Waals surface area (Å²) in [5.74, 6) is -0.0781. The van der Waals surface area contributed by atoms with Crippen molar-refractivity contribution in [2.75, 3.05) is 11.8 Å². The van der Waals surface area contributed by atoms with Gasteiger partial charge in [0.05, 0.1) is 17.6 Å². The molecule has 0 aliphatic carbocycles. The molecule has 0 radical (unpaired) electrons. The molecule has 6 heteroatoms. The topological polar surface area (TPSA) is 72.5 Å². The number of anilines is 1. The third kappa shape index (κ3) is 4.14. The Hall–Kier alpha value is -2.34. The molecule has 1 atom stereocenters. The lowest BCUT2D eigenvalue weighted by molar-refractivity contribution is 0.0601. The highest BCUT2D eigenvalue weighted by atomic mass is 32.2. The summed E-state index contributed by atoms with van der Waals surface area (Å²) in [7, 11) is -2.37. The Morgan fingerprint density at radius 1 is 1.08 bits per heavy atom. The van der Waals surface area contributed by atoms with Crippen LogP contribution < -0.4 is 4.72 Å². The van der Waals surface area contributed by atoms with Crippen molar-refractivity contribution in [3.8, 4) is 0 Å². The van der Waals surface area contributed by atoms with Crippen LogP contribution in [-0.4, -0.2) is 21.5 Å². The molecule has 2 rings (SSSR count). The van der Waals surface area contributed by atoms with E-state index in [1.807, 2.05) is 12.1 Å². The van der Waals surface area contributed by atoms with Crippen LogP contribution >= 0.6 is 0 Å². The molecule has 0 heterocycles. The predicted molar refractivity (Wildman–Crippen MR) is 93.7 cm³/mol. The first-order chi connectivity index (χ1) is 11.4. The molecule has 128 valence electrons. The van der Waals surface area contributed by atoms with Crippen LogP contribution in [0, 0.1) is 0 Å². The standard InChI is InChI=1S/C18H21NO4S/c1-4-13(2)14-7-11-17(12-8-14)24(21,22)19-16-9-5-15(6-10-16)18(20)23-3/h5-13,19H,4H2,1-3H3. The molecule has 0 saturated heterocycles. The van der Waals surface area contributed by atoms with Crippen LogP contribution in [0.1, 0.15) is 42.1 Å². The van der Waals surface area contributed by atoms with Crippen molar-refractivity contribution < 1.29 is 17.9 Å². The van der Waals surface area contributed by atoms with Gasteiger partial charge < -0.3 is 4.74 Å². The van der Waals surface area contributed by atoms with E-state index in [9.17, 15) is 13.2 Å². The minimum absolute atomic E-state index is 0.201. The summed E-state index contributed by atoms with van der Waals surface area (Å²) in [5.41, 5.74) is 1.85. The van der Waals surface area contributed by atoms with Crippen LogP contribution in [0.4, 0.5) is 5.69 Å². The highest BCUT2D eigenvalue weighted by molar-refractivity contribution is 7.92. The summed E-state index contributed by atoms with van der Waals surface area (Å²) in [6.07, 6.45) is 0.997. The van der Waals surface area contributed by atoms with E-state index >= 15 is 0 Å². The largest absolute Gasteiger partial charge is 0.465 e. The summed E-state index contributed by atoms with van der Waals surface area (Å²) in [6, 6.07) is 12.9. The van der Waals surface area contributed by atoms with Crippen LogP contribution in [0.3, 0.4) is 0 Å². The van der Waals surface area contributed by atoms with E-state index in [-0.39, 0.29) is 4.90 Å². The Morgan fingerprint density at radius 2 is 1.67 bits per heavy atom. The Bertz CT molecular complexity index is 796. The van der Waals surface area contributed by atoms with Gasteiger partial charge in [0.1, 0.15) is 0 Å². The summed E-state index contributed by atoms with van der Waals surface area (Å²) in [5, 5.41) is 0. The van der Waals surface area contributed by atoms with Gasteiger partial charge in [-0.25, -0.2) is 13.2 Å². The summed E-state index contributed by atoms with van der Waals surface area (Å²) in [6.45, 7) is 4.19. The van der Waals surface area contributed by atoms with Crippen LogP contribution in [0.5, 0.6) is 0 Å². The SMILES string of the molecule is CCC(C)c1ccc(S(=O)(=O)Nc2ccc(C(=O)OC)cc2)cc1. The van der Waals surface area contributed by atoms with Crippen molar-refractivity contribution in [1.29, 1.82) is 0 Å². The molecule has 2 aromatic carbocycles. The van der Waals surface area contributed by atoms with Crippen LogP contribution in [-0.2, 0) is 14.8 Å². The number of nitrogens with one attached hydrogen (secondary N) is 1. The Kier molecular flexibility index (Phi) is 5.62. The zero-order valence-corrected chi connectivity index (χ0v) is 14.8. The van der Waals surface area contributed by atoms with Gasteiger partial charge in [0.2, 0.25) is 0 Å². The molecular formula is C18H21NO4S. The summed E-state index contributed by atoms with van der Waals surface area (Å²) < 4.78 is 32.0. The first-order valence-corrected chi connectivity index (χ1v) is 9.17. The fraction of sp³-hybridized carbons (Fsp3) is 0.278. The normalized spacial score (nSPS) is 12.5. The second kappa shape index (κ2) is 7.49. The Morgan fingerprint density at radius 3 is 2.17 bits per heavy atom. The Balaban J connectivity index is 2.17. The van der Waals surface area contributed by atoms with E-state index in [1.54, 1.807) is 12.1 Å². The van der Waals surface area contributed by atoms with Crippen molar-refractivity contribution in [3.05, 3.63) is 59.7 Å². The van der Waals surface area contributed by atoms with E-state index in [0.717, 1.165) is 12.0 Å². The number of rotatable bonds is 6. The van der Waals surface area contributed by atoms with E-state index in [0.29, 0.717) is 17.2 Å². The lowest BCUT2D eigenvalue weighted by Crippen LogP contribution is -2.13. The second-order valence-corrected chi connectivity index (χ2v) is 7.24. The number of carbonyl (C=O) groups is 1. The predicted octanol–water partition coefficient (Wildman–Crippen LogP) is 3.79. The molecule has 0 amide bonds. The third-order valence-electron chi connectivity index (χ3n) is 3.93. The smallest absolute Gasteiger partial charge is 0.337 e. The van der Waals surface area contributed by atoms with E-state index in [4.69, 9.17) is 0 Å². The van der Waals surface area contributed by atoms with Gasteiger partial charge in [0.25, 0.3) is 10.0 Å². The number of sulfonamides is 1. The molecule has 0 saturated carbocycles. The van der Waals surface area contributed by atoms with Crippen molar-refractivity contribution in [1.82, 2.24) is 0 Å². The second-order valence-electron chi connectivity index (χ2n) is 5.55. The van der Waals surface area contributed by atoms with Crippen LogP contribution in [0.2, 0.25) is 0 Å². The van der Waals surface area contributed by atoms with Crippen molar-refractivity contribution in [2.24, 2.45) is 0 Å². The summed E-state index contributed by atoms with van der Waals surface area (Å²) >= 11 is 0. The lowest BCUT2D eigenvalue weighted by atomic mass is 9.99. The van der Waals surface area contributed by atoms with Gasteiger partial charge in [-0.3, -0.25) is 4.72 Å². The molecule has 1 unspecified atom stereocenters. The van der Waals surface area contributed by atoms with Gasteiger partial charge in [0, 0.05) is 5.69 Å². The van der Waals surface area contributed by atoms with Crippen LogP contribution in [0.15, 0.2) is 53.4 Å². The number of carbonyl (C=O) groups excluding carboxylic acids is 1. The molecule has 5 nitrogen and oxygen atoms in total. The molecule has 0 aliphatic heterocycles. The lowest BCUT2D eigenvalue weighted by Gasteiger charge is -2.11. The molecule has 1 N–H and O–H groups in total. The van der Waals surface area contributed by atoms with Gasteiger partial charge in [0.15, 0.2) is 0 Å². The van der Waals surface area contributed by atoms with Gasteiger partial charge >= 0.3 is 5.97 Å². The van der Waals surface area contributed by atoms with E-state index in [2.05, 4.69) is 23.3 Å². The Labute approximate surface area is 142 Å². The van der Waals surface area contributed by atoms with Gasteiger partial charge in [-0.05, 0) is 54.3 Å². The molecule has 0 bridgehead atoms. The van der Waals surface area contributed by atoms with E-state index in [1.165, 1.54) is 31.4 Å². The number of ether oxygens (including phenoxy) is 1. The van der Waals surface area contributed by atoms with Gasteiger partial charge in [-0.2, -0.15) is 0 Å². The third-order valence-corrected chi connectivity index (χ3v) is 5.33. The highest BCUT2D eigenvalue weighted by Crippen LogP contribution is 2.22. The first kappa shape index (κ1) is 18.0. The number of methoxy groups -OCH3 is 1. The molecule has 0 fully saturated rings. The maximum atomic E-state index is 12.4. The zero-order valence-electron chi connectivity index (χ0n) is 13.9. The molecule has 0 spiro atoms. The van der Waals surface area contributed by atoms with Crippen molar-refractivity contribution >= 4 is 21.7 Å². The summed E-state index contributed by atoms with van der Waals surface area (Å²) in [4.78, 5) is 11.6. The highest BCUT2D eigenvalue weighted by Gasteiger charge is 2.15. The maximum absolute atomic E-state index is 12.4.